The van der Waals surface area contributed by atoms with Gasteiger partial charge in [0.1, 0.15) is 0 Å². The zero-order valence-corrected chi connectivity index (χ0v) is 10.2. The monoisotopic (exact) mass is 232 g/mol. The molecular formula is C8H14N2O2P2. The molecule has 0 radical (unpaired) electrons. The van der Waals surface area contributed by atoms with Crippen LogP contribution in [-0.4, -0.2) is 15.8 Å². The van der Waals surface area contributed by atoms with Gasteiger partial charge in [-0.25, -0.2) is 0 Å². The summed E-state index contributed by atoms with van der Waals surface area (Å²) in [6, 6.07) is 3.80. The van der Waals surface area contributed by atoms with Crippen molar-refractivity contribution in [2.24, 2.45) is 0 Å². The van der Waals surface area contributed by atoms with E-state index in [1.807, 2.05) is 19.1 Å². The summed E-state index contributed by atoms with van der Waals surface area (Å²) >= 11 is 0. The van der Waals surface area contributed by atoms with Crippen molar-refractivity contribution >= 4 is 24.8 Å². The quantitative estimate of drug-likeness (QED) is 0.734. The molecule has 0 fully saturated rings. The summed E-state index contributed by atoms with van der Waals surface area (Å²) in [4.78, 5) is 21.9. The number of hydrogen-bond donors (Lipinski definition) is 2. The molecule has 2 N–H and O–H groups in total. The number of nitrogens with one attached hydrogen (secondary N) is 1. The molecule has 14 heavy (non-hydrogen) atoms. The van der Waals surface area contributed by atoms with Gasteiger partial charge in [-0.15, -0.1) is 0 Å². The van der Waals surface area contributed by atoms with E-state index in [9.17, 15) is 4.79 Å². The maximum absolute atomic E-state index is 10.9. The Morgan fingerprint density at radius 3 is 2.64 bits per heavy atom. The van der Waals surface area contributed by atoms with E-state index < -0.39 is 0 Å². The number of aryl methyl sites for hydroxylation is 1. The van der Waals surface area contributed by atoms with Gasteiger partial charge in [0, 0.05) is 11.9 Å². The lowest BCUT2D eigenvalue weighted by Gasteiger charge is -1.99. The molecule has 78 valence electrons. The molecule has 0 aliphatic heterocycles. The predicted molar refractivity (Wildman–Crippen MR) is 62.5 cm³/mol. The number of aromatic nitrogens is 1. The van der Waals surface area contributed by atoms with Crippen LogP contribution in [0.2, 0.25) is 0 Å². The SMILES string of the molecule is Cc1ccc(CC(=O)NP)cn1.OP. The van der Waals surface area contributed by atoms with E-state index in [0.717, 1.165) is 11.3 Å². The highest BCUT2D eigenvalue weighted by atomic mass is 31.0. The van der Waals surface area contributed by atoms with Crippen LogP contribution in [0.5, 0.6) is 0 Å². The molecule has 0 aromatic carbocycles. The molecule has 2 atom stereocenters. The van der Waals surface area contributed by atoms with Crippen LogP contribution in [0, 0.1) is 6.92 Å². The number of carbonyl (C=O) groups is 1. The van der Waals surface area contributed by atoms with E-state index in [0.29, 0.717) is 6.42 Å². The minimum absolute atomic E-state index is 0.0225. The molecule has 0 saturated heterocycles. The number of nitrogens with zero attached hydrogens (tertiary/aromatic N) is 1. The maximum atomic E-state index is 10.9. The fraction of sp³-hybridized carbons (Fsp3) is 0.250. The number of rotatable bonds is 2. The van der Waals surface area contributed by atoms with Crippen LogP contribution in [0.4, 0.5) is 0 Å². The van der Waals surface area contributed by atoms with Gasteiger partial charge < -0.3 is 9.98 Å². The fourth-order valence-electron chi connectivity index (χ4n) is 0.839. The van der Waals surface area contributed by atoms with E-state index in [1.54, 1.807) is 6.20 Å². The molecule has 0 saturated carbocycles. The van der Waals surface area contributed by atoms with Crippen molar-refractivity contribution < 1.29 is 9.69 Å². The van der Waals surface area contributed by atoms with E-state index in [2.05, 4.69) is 19.5 Å². The summed E-state index contributed by atoms with van der Waals surface area (Å²) in [5.74, 6) is -0.0225. The van der Waals surface area contributed by atoms with Crippen LogP contribution in [0.25, 0.3) is 0 Å². The number of carbonyl (C=O) groups excluding carboxylic acids is 1. The van der Waals surface area contributed by atoms with E-state index in [1.165, 1.54) is 9.47 Å². The highest BCUT2D eigenvalue weighted by Gasteiger charge is 1.99. The lowest BCUT2D eigenvalue weighted by molar-refractivity contribution is -0.118. The van der Waals surface area contributed by atoms with E-state index >= 15 is 0 Å². The Kier molecular flexibility index (Phi) is 7.50. The van der Waals surface area contributed by atoms with Gasteiger partial charge in [0.2, 0.25) is 5.91 Å². The zero-order valence-electron chi connectivity index (χ0n) is 7.90. The van der Waals surface area contributed by atoms with Gasteiger partial charge in [-0.2, -0.15) is 0 Å². The lowest BCUT2D eigenvalue weighted by Crippen LogP contribution is -2.14. The molecule has 1 aromatic heterocycles. The molecule has 6 heteroatoms. The van der Waals surface area contributed by atoms with Crippen molar-refractivity contribution in [3.63, 3.8) is 0 Å². The molecule has 1 amide bonds. The Morgan fingerprint density at radius 1 is 1.57 bits per heavy atom. The van der Waals surface area contributed by atoms with Crippen LogP contribution in [0.1, 0.15) is 11.3 Å². The number of pyridine rings is 1. The third kappa shape index (κ3) is 5.23. The van der Waals surface area contributed by atoms with Gasteiger partial charge in [0.05, 0.1) is 6.42 Å². The highest BCUT2D eigenvalue weighted by Crippen LogP contribution is 2.00. The van der Waals surface area contributed by atoms with E-state index in [-0.39, 0.29) is 5.91 Å². The molecular weight excluding hydrogens is 218 g/mol. The second-order valence-corrected chi connectivity index (χ2v) is 2.84. The topological polar surface area (TPSA) is 62.2 Å². The molecule has 2 unspecified atom stereocenters. The van der Waals surface area contributed by atoms with Gasteiger partial charge in [0.15, 0.2) is 0 Å². The summed E-state index contributed by atoms with van der Waals surface area (Å²) in [5, 5.41) is 2.48. The van der Waals surface area contributed by atoms with Crippen LogP contribution < -0.4 is 5.09 Å². The average Bonchev–Trinajstić information content (AvgIpc) is 2.24. The molecule has 0 aliphatic carbocycles. The van der Waals surface area contributed by atoms with Crippen molar-refractivity contribution in [2.45, 2.75) is 13.3 Å². The third-order valence-corrected chi connectivity index (χ3v) is 1.82. The first-order valence-corrected chi connectivity index (χ1v) is 4.98. The minimum atomic E-state index is -0.0225. The Labute approximate surface area is 88.1 Å². The van der Waals surface area contributed by atoms with Gasteiger partial charge in [-0.3, -0.25) is 9.78 Å². The van der Waals surface area contributed by atoms with Crippen LogP contribution in [0.3, 0.4) is 0 Å². The first kappa shape index (κ1) is 13.4. The normalized spacial score (nSPS) is 8.57. The standard InChI is InChI=1S/C8H11N2OP.H3OP/c1-6-2-3-7(5-9-6)4-8(11)10-12;1-2/h2-3,5H,4,12H2,1H3,(H,10,11);1H,2H2. The average molecular weight is 232 g/mol. The number of hydrogen-bond acceptors (Lipinski definition) is 3. The van der Waals surface area contributed by atoms with Gasteiger partial charge in [-0.05, 0) is 37.4 Å². The molecule has 4 nitrogen and oxygen atoms in total. The lowest BCUT2D eigenvalue weighted by atomic mass is 10.2. The summed E-state index contributed by atoms with van der Waals surface area (Å²) in [7, 11) is 3.60. The molecule has 1 rings (SSSR count). The first-order valence-electron chi connectivity index (χ1n) is 3.89. The highest BCUT2D eigenvalue weighted by molar-refractivity contribution is 7.15. The zero-order chi connectivity index (χ0) is 11.0. The van der Waals surface area contributed by atoms with Crippen molar-refractivity contribution in [3.8, 4) is 0 Å². The molecule has 0 bridgehead atoms. The number of amides is 1. The maximum Gasteiger partial charge on any atom is 0.227 e. The summed E-state index contributed by atoms with van der Waals surface area (Å²) in [6.45, 7) is 1.92. The molecule has 0 aliphatic rings. The Balaban J connectivity index is 0.000000791. The van der Waals surface area contributed by atoms with Gasteiger partial charge >= 0.3 is 0 Å². The van der Waals surface area contributed by atoms with Gasteiger partial charge in [0.25, 0.3) is 0 Å². The van der Waals surface area contributed by atoms with Crippen LogP contribution in [0.15, 0.2) is 18.3 Å². The Bertz CT molecular complexity index is 277. The second kappa shape index (κ2) is 7.81. The smallest absolute Gasteiger partial charge is 0.227 e. The second-order valence-electron chi connectivity index (χ2n) is 2.55. The van der Waals surface area contributed by atoms with Crippen LogP contribution >= 0.6 is 18.9 Å². The molecule has 0 spiro atoms. The fourth-order valence-corrected chi connectivity index (χ4v) is 0.941. The van der Waals surface area contributed by atoms with Crippen LogP contribution in [-0.2, 0) is 11.2 Å². The predicted octanol–water partition coefficient (Wildman–Crippen LogP) is 0.608. The third-order valence-electron chi connectivity index (χ3n) is 1.50. The van der Waals surface area contributed by atoms with E-state index in [4.69, 9.17) is 4.89 Å². The summed E-state index contributed by atoms with van der Waals surface area (Å²) in [6.07, 6.45) is 2.10. The molecule has 1 heterocycles. The van der Waals surface area contributed by atoms with Crippen molar-refractivity contribution in [1.29, 1.82) is 0 Å². The summed E-state index contributed by atoms with van der Waals surface area (Å²) in [5.41, 5.74) is 1.89. The summed E-state index contributed by atoms with van der Waals surface area (Å²) < 4.78 is 0. The first-order chi connectivity index (χ1) is 6.72. The van der Waals surface area contributed by atoms with Crippen molar-refractivity contribution in [1.82, 2.24) is 10.1 Å². The van der Waals surface area contributed by atoms with Crippen molar-refractivity contribution in [2.75, 3.05) is 0 Å². The van der Waals surface area contributed by atoms with Crippen molar-refractivity contribution in [3.05, 3.63) is 29.6 Å². The Morgan fingerprint density at radius 2 is 2.21 bits per heavy atom. The van der Waals surface area contributed by atoms with Gasteiger partial charge in [-0.1, -0.05) is 6.07 Å². The minimum Gasteiger partial charge on any atom is -0.380 e. The Hall–Kier alpha value is -0.560. The largest absolute Gasteiger partial charge is 0.380 e. The molecule has 1 aromatic rings.